The molecule has 1 heterocycles. The SMILES string of the molecule is CC(C)(C)CCNC(=O)[C@]1(Cc2ccccc2N=[N+]=[N-])N=C(c2ccc(OCCCO)cc2)O[C@@H]1c1ccc(-c2ccccc2)cc1. The van der Waals surface area contributed by atoms with Crippen LogP contribution in [-0.2, 0) is 16.0 Å². The van der Waals surface area contributed by atoms with Gasteiger partial charge >= 0.3 is 0 Å². The molecule has 0 saturated carbocycles. The predicted octanol–water partition coefficient (Wildman–Crippen LogP) is 8.11. The zero-order valence-corrected chi connectivity index (χ0v) is 27.1. The van der Waals surface area contributed by atoms with Crippen LogP contribution in [0.25, 0.3) is 21.6 Å². The number of nitrogens with one attached hydrogen (secondary N) is 1. The maximum absolute atomic E-state index is 14.5. The largest absolute Gasteiger partial charge is 0.494 e. The molecule has 0 aromatic heterocycles. The van der Waals surface area contributed by atoms with Crippen LogP contribution in [0.1, 0.15) is 56.4 Å². The third kappa shape index (κ3) is 8.19. The van der Waals surface area contributed by atoms with Crippen LogP contribution in [0, 0.1) is 5.41 Å². The van der Waals surface area contributed by atoms with Crippen molar-refractivity contribution >= 4 is 17.5 Å². The van der Waals surface area contributed by atoms with Crippen LogP contribution < -0.4 is 10.1 Å². The number of aliphatic imine (C=N–C) groups is 1. The van der Waals surface area contributed by atoms with Crippen molar-refractivity contribution in [1.29, 1.82) is 0 Å². The van der Waals surface area contributed by atoms with Crippen molar-refractivity contribution in [1.82, 2.24) is 5.32 Å². The van der Waals surface area contributed by atoms with Crippen molar-refractivity contribution in [3.05, 3.63) is 130 Å². The van der Waals surface area contributed by atoms with Gasteiger partial charge in [-0.05, 0) is 63.9 Å². The van der Waals surface area contributed by atoms with E-state index >= 15 is 0 Å². The summed E-state index contributed by atoms with van der Waals surface area (Å²) in [5, 5.41) is 16.2. The summed E-state index contributed by atoms with van der Waals surface area (Å²) in [5.41, 5.74) is 12.6. The van der Waals surface area contributed by atoms with Crippen LogP contribution in [0.4, 0.5) is 5.69 Å². The van der Waals surface area contributed by atoms with Gasteiger partial charge in [0.15, 0.2) is 11.6 Å². The minimum atomic E-state index is -1.42. The van der Waals surface area contributed by atoms with E-state index in [1.54, 1.807) is 12.1 Å². The topological polar surface area (TPSA) is 129 Å². The average molecular weight is 632 g/mol. The van der Waals surface area contributed by atoms with Crippen LogP contribution in [0.2, 0.25) is 0 Å². The third-order valence-corrected chi connectivity index (χ3v) is 8.12. The van der Waals surface area contributed by atoms with Gasteiger partial charge in [-0.15, -0.1) is 0 Å². The molecule has 242 valence electrons. The Kier molecular flexibility index (Phi) is 10.6. The van der Waals surface area contributed by atoms with E-state index in [1.807, 2.05) is 78.9 Å². The van der Waals surface area contributed by atoms with E-state index in [-0.39, 0.29) is 24.3 Å². The van der Waals surface area contributed by atoms with Gasteiger partial charge in [-0.2, -0.15) is 0 Å². The predicted molar refractivity (Wildman–Crippen MR) is 185 cm³/mol. The molecule has 47 heavy (non-hydrogen) atoms. The van der Waals surface area contributed by atoms with E-state index < -0.39 is 11.6 Å². The lowest BCUT2D eigenvalue weighted by molar-refractivity contribution is -0.129. The molecule has 9 nitrogen and oxygen atoms in total. The lowest BCUT2D eigenvalue weighted by atomic mass is 9.81. The van der Waals surface area contributed by atoms with Gasteiger partial charge < -0.3 is 19.9 Å². The fourth-order valence-corrected chi connectivity index (χ4v) is 5.56. The highest BCUT2D eigenvalue weighted by molar-refractivity contribution is 6.01. The summed E-state index contributed by atoms with van der Waals surface area (Å²) in [6, 6.07) is 32.7. The lowest BCUT2D eigenvalue weighted by Crippen LogP contribution is -2.50. The van der Waals surface area contributed by atoms with Crippen molar-refractivity contribution in [3.8, 4) is 16.9 Å². The lowest BCUT2D eigenvalue weighted by Gasteiger charge is -2.31. The molecule has 0 saturated heterocycles. The molecule has 4 aromatic rings. The first-order valence-corrected chi connectivity index (χ1v) is 15.9. The number of nitrogens with zero attached hydrogens (tertiary/aromatic N) is 4. The summed E-state index contributed by atoms with van der Waals surface area (Å²) in [5.74, 6) is 0.716. The third-order valence-electron chi connectivity index (χ3n) is 8.12. The Morgan fingerprint density at radius 1 is 0.957 bits per heavy atom. The van der Waals surface area contributed by atoms with Crippen molar-refractivity contribution in [2.45, 2.75) is 51.7 Å². The summed E-state index contributed by atoms with van der Waals surface area (Å²) >= 11 is 0. The van der Waals surface area contributed by atoms with E-state index in [2.05, 4.69) is 48.2 Å². The quantitative estimate of drug-likeness (QED) is 0.0668. The highest BCUT2D eigenvalue weighted by Gasteiger charge is 2.53. The molecule has 0 radical (unpaired) electrons. The second kappa shape index (κ2) is 15.0. The summed E-state index contributed by atoms with van der Waals surface area (Å²) in [7, 11) is 0. The molecule has 1 aliphatic rings. The van der Waals surface area contributed by atoms with Gasteiger partial charge in [-0.1, -0.05) is 105 Å². The monoisotopic (exact) mass is 631 g/mol. The summed E-state index contributed by atoms with van der Waals surface area (Å²) in [6.07, 6.45) is 0.666. The molecular weight excluding hydrogens is 590 g/mol. The Balaban J connectivity index is 1.59. The zero-order valence-electron chi connectivity index (χ0n) is 27.1. The van der Waals surface area contributed by atoms with Gasteiger partial charge in [-0.3, -0.25) is 4.79 Å². The molecule has 2 N–H and O–H groups in total. The number of hydrogen-bond donors (Lipinski definition) is 2. The molecule has 0 aliphatic carbocycles. The maximum atomic E-state index is 14.5. The molecule has 0 bridgehead atoms. The average Bonchev–Trinajstić information content (AvgIpc) is 3.46. The van der Waals surface area contributed by atoms with Crippen LogP contribution >= 0.6 is 0 Å². The van der Waals surface area contributed by atoms with Gasteiger partial charge in [0, 0.05) is 42.2 Å². The molecular formula is C38H41N5O4. The number of carbonyl (C=O) groups is 1. The van der Waals surface area contributed by atoms with Gasteiger partial charge in [0.05, 0.1) is 6.61 Å². The summed E-state index contributed by atoms with van der Waals surface area (Å²) in [6.45, 7) is 7.32. The minimum absolute atomic E-state index is 0.0167. The fraction of sp³-hybridized carbons (Fsp3) is 0.316. The Morgan fingerprint density at radius 2 is 1.62 bits per heavy atom. The van der Waals surface area contributed by atoms with Crippen molar-refractivity contribution < 1.29 is 19.4 Å². The van der Waals surface area contributed by atoms with Gasteiger partial charge in [0.2, 0.25) is 5.90 Å². The molecule has 0 spiro atoms. The number of hydrogen-bond acceptors (Lipinski definition) is 6. The van der Waals surface area contributed by atoms with E-state index in [4.69, 9.17) is 19.6 Å². The number of amides is 1. The summed E-state index contributed by atoms with van der Waals surface area (Å²) in [4.78, 5) is 22.7. The molecule has 0 fully saturated rings. The second-order valence-corrected chi connectivity index (χ2v) is 12.8. The second-order valence-electron chi connectivity index (χ2n) is 12.8. The Labute approximate surface area is 275 Å². The number of benzene rings is 4. The van der Waals surface area contributed by atoms with Crippen molar-refractivity contribution in [2.75, 3.05) is 19.8 Å². The first kappa shape index (κ1) is 33.3. The van der Waals surface area contributed by atoms with Gasteiger partial charge in [0.25, 0.3) is 5.91 Å². The number of aliphatic hydroxyl groups is 1. The number of ether oxygens (including phenoxy) is 2. The molecule has 4 aromatic carbocycles. The maximum Gasteiger partial charge on any atom is 0.252 e. The molecule has 2 atom stereocenters. The van der Waals surface area contributed by atoms with Crippen LogP contribution in [0.3, 0.4) is 0 Å². The molecule has 5 rings (SSSR count). The van der Waals surface area contributed by atoms with Crippen LogP contribution in [0.15, 0.2) is 113 Å². The van der Waals surface area contributed by atoms with E-state index in [0.29, 0.717) is 48.0 Å². The number of carbonyl (C=O) groups excluding carboxylic acids is 1. The normalized spacial score (nSPS) is 17.3. The van der Waals surface area contributed by atoms with Crippen LogP contribution in [0.5, 0.6) is 5.75 Å². The van der Waals surface area contributed by atoms with Gasteiger partial charge in [-0.25, -0.2) is 4.99 Å². The Bertz CT molecular complexity index is 1730. The Hall–Kier alpha value is -5.11. The van der Waals surface area contributed by atoms with Crippen LogP contribution in [-0.4, -0.2) is 42.2 Å². The fourth-order valence-electron chi connectivity index (χ4n) is 5.56. The summed E-state index contributed by atoms with van der Waals surface area (Å²) < 4.78 is 12.4. The first-order valence-electron chi connectivity index (χ1n) is 15.9. The van der Waals surface area contributed by atoms with E-state index in [0.717, 1.165) is 23.1 Å². The number of aliphatic hydroxyl groups excluding tert-OH is 1. The smallest absolute Gasteiger partial charge is 0.252 e. The van der Waals surface area contributed by atoms with Crippen molar-refractivity contribution in [3.63, 3.8) is 0 Å². The highest BCUT2D eigenvalue weighted by Crippen LogP contribution is 2.44. The van der Waals surface area contributed by atoms with Crippen molar-refractivity contribution in [2.24, 2.45) is 15.5 Å². The first-order chi connectivity index (χ1) is 22.7. The Morgan fingerprint density at radius 3 is 2.30 bits per heavy atom. The standard InChI is InChI=1S/C38H41N5O4/c1-37(2,3)22-23-40-36(45)38(26-31-12-7-8-13-33(31)42-43-39)34(29-16-14-28(15-17-29)27-10-5-4-6-11-27)47-35(41-38)30-18-20-32(21-19-30)46-25-9-24-44/h4-8,10-21,34,44H,9,22-26H2,1-3H3,(H,40,45)/t34-,38-/m1/s1. The molecule has 1 aliphatic heterocycles. The van der Waals surface area contributed by atoms with E-state index in [1.165, 1.54) is 0 Å². The highest BCUT2D eigenvalue weighted by atomic mass is 16.5. The van der Waals surface area contributed by atoms with E-state index in [9.17, 15) is 10.3 Å². The number of rotatable bonds is 13. The molecule has 1 amide bonds. The zero-order chi connectivity index (χ0) is 33.3. The number of azide groups is 1. The molecule has 9 heteroatoms. The minimum Gasteiger partial charge on any atom is -0.494 e. The molecule has 0 unspecified atom stereocenters. The van der Waals surface area contributed by atoms with Gasteiger partial charge in [0.1, 0.15) is 5.75 Å².